The number of ketones is 1. The fourth-order valence-corrected chi connectivity index (χ4v) is 2.26. The highest BCUT2D eigenvalue weighted by Crippen LogP contribution is 2.38. The van der Waals surface area contributed by atoms with Gasteiger partial charge in [-0.25, -0.2) is 0 Å². The van der Waals surface area contributed by atoms with Crippen LogP contribution >= 0.6 is 0 Å². The van der Waals surface area contributed by atoms with Gasteiger partial charge in [-0.05, 0) is 18.1 Å². The summed E-state index contributed by atoms with van der Waals surface area (Å²) in [5.74, 6) is -1.02. The maximum absolute atomic E-state index is 12.0. The summed E-state index contributed by atoms with van der Waals surface area (Å²) in [5, 5.41) is 9.93. The Morgan fingerprint density at radius 1 is 1.33 bits per heavy atom. The number of esters is 1. The van der Waals surface area contributed by atoms with Crippen LogP contribution in [0.3, 0.4) is 0 Å². The molecule has 0 aliphatic heterocycles. The Morgan fingerprint density at radius 2 is 2.06 bits per heavy atom. The second-order valence-electron chi connectivity index (χ2n) is 4.20. The van der Waals surface area contributed by atoms with E-state index in [9.17, 15) is 14.7 Å². The van der Waals surface area contributed by atoms with Crippen LogP contribution in [-0.4, -0.2) is 31.1 Å². The van der Waals surface area contributed by atoms with E-state index in [2.05, 4.69) is 4.74 Å². The first kappa shape index (κ1) is 12.4. The van der Waals surface area contributed by atoms with E-state index in [-0.39, 0.29) is 29.3 Å². The number of hydrogen-bond donors (Lipinski definition) is 1. The molecule has 1 atom stereocenters. The molecular weight excluding hydrogens is 236 g/mol. The molecule has 5 heteroatoms. The average Bonchev–Trinajstić information content (AvgIpc) is 2.37. The first-order valence-electron chi connectivity index (χ1n) is 5.58. The Hall–Kier alpha value is -2.04. The van der Waals surface area contributed by atoms with E-state index >= 15 is 0 Å². The molecule has 1 aromatic rings. The van der Waals surface area contributed by atoms with Crippen molar-refractivity contribution in [1.29, 1.82) is 0 Å². The van der Waals surface area contributed by atoms with Crippen LogP contribution in [0.5, 0.6) is 11.5 Å². The number of phenolic OH excluding ortho intramolecular Hbond substituents is 1. The summed E-state index contributed by atoms with van der Waals surface area (Å²) in [6, 6.07) is 3.28. The zero-order valence-electron chi connectivity index (χ0n) is 10.2. The fourth-order valence-electron chi connectivity index (χ4n) is 2.26. The average molecular weight is 250 g/mol. The number of carbonyl (C=O) groups is 2. The van der Waals surface area contributed by atoms with Crippen LogP contribution in [0.2, 0.25) is 0 Å². The number of hydrogen-bond acceptors (Lipinski definition) is 5. The number of ether oxygens (including phenoxy) is 2. The molecule has 0 bridgehead atoms. The lowest BCUT2D eigenvalue weighted by Gasteiger charge is -2.23. The van der Waals surface area contributed by atoms with E-state index in [4.69, 9.17) is 4.74 Å². The van der Waals surface area contributed by atoms with Gasteiger partial charge in [-0.2, -0.15) is 0 Å². The number of carbonyl (C=O) groups excluding carboxylic acids is 2. The summed E-state index contributed by atoms with van der Waals surface area (Å²) < 4.78 is 9.61. The van der Waals surface area contributed by atoms with E-state index in [0.717, 1.165) is 0 Å². The molecule has 1 N–H and O–H groups in total. The van der Waals surface area contributed by atoms with Crippen LogP contribution < -0.4 is 4.74 Å². The van der Waals surface area contributed by atoms with Crippen LogP contribution in [-0.2, 0) is 16.0 Å². The molecule has 0 saturated heterocycles. The summed E-state index contributed by atoms with van der Waals surface area (Å²) in [6.07, 6.45) is 0.450. The van der Waals surface area contributed by atoms with Crippen molar-refractivity contribution in [2.75, 3.05) is 14.2 Å². The van der Waals surface area contributed by atoms with Crippen LogP contribution in [0.1, 0.15) is 22.3 Å². The SMILES string of the molecule is COC(=O)[C@@H]1CC(=O)c2c(ccc(OC)c2O)C1. The van der Waals surface area contributed by atoms with E-state index in [1.165, 1.54) is 14.2 Å². The molecule has 18 heavy (non-hydrogen) atoms. The third kappa shape index (κ3) is 1.92. The van der Waals surface area contributed by atoms with Crippen LogP contribution in [0.4, 0.5) is 0 Å². The summed E-state index contributed by atoms with van der Waals surface area (Å²) in [5.41, 5.74) is 0.912. The maximum Gasteiger partial charge on any atom is 0.309 e. The zero-order valence-corrected chi connectivity index (χ0v) is 10.2. The lowest BCUT2D eigenvalue weighted by Crippen LogP contribution is -2.27. The molecule has 0 radical (unpaired) electrons. The molecule has 1 aliphatic rings. The third-order valence-corrected chi connectivity index (χ3v) is 3.16. The molecule has 0 saturated carbocycles. The Labute approximate surface area is 104 Å². The molecule has 0 aromatic heterocycles. The molecule has 96 valence electrons. The lowest BCUT2D eigenvalue weighted by molar-refractivity contribution is -0.145. The predicted molar refractivity (Wildman–Crippen MR) is 62.8 cm³/mol. The van der Waals surface area contributed by atoms with Gasteiger partial charge < -0.3 is 14.6 Å². The first-order chi connectivity index (χ1) is 8.58. The van der Waals surface area contributed by atoms with E-state index in [0.29, 0.717) is 12.0 Å². The smallest absolute Gasteiger partial charge is 0.309 e. The van der Waals surface area contributed by atoms with Crippen molar-refractivity contribution < 1.29 is 24.2 Å². The normalized spacial score (nSPS) is 18.1. The van der Waals surface area contributed by atoms with Gasteiger partial charge in [-0.1, -0.05) is 6.07 Å². The zero-order chi connectivity index (χ0) is 13.3. The molecule has 0 heterocycles. The highest BCUT2D eigenvalue weighted by atomic mass is 16.5. The topological polar surface area (TPSA) is 72.8 Å². The minimum absolute atomic E-state index is 0.0560. The summed E-state index contributed by atoms with van der Waals surface area (Å²) in [4.78, 5) is 23.5. The minimum Gasteiger partial charge on any atom is -0.504 e. The molecule has 0 spiro atoms. The molecule has 5 nitrogen and oxygen atoms in total. The Morgan fingerprint density at radius 3 is 2.67 bits per heavy atom. The Bertz CT molecular complexity index is 506. The Balaban J connectivity index is 2.42. The molecular formula is C13H14O5. The number of Topliss-reactive ketones (excluding diaryl/α,β-unsaturated/α-hetero) is 1. The van der Waals surface area contributed by atoms with Crippen molar-refractivity contribution in [2.45, 2.75) is 12.8 Å². The number of aromatic hydroxyl groups is 1. The van der Waals surface area contributed by atoms with Crippen molar-refractivity contribution in [3.63, 3.8) is 0 Å². The van der Waals surface area contributed by atoms with Gasteiger partial charge in [-0.15, -0.1) is 0 Å². The third-order valence-electron chi connectivity index (χ3n) is 3.16. The minimum atomic E-state index is -0.470. The first-order valence-corrected chi connectivity index (χ1v) is 5.58. The van der Waals surface area contributed by atoms with E-state index in [1.54, 1.807) is 12.1 Å². The van der Waals surface area contributed by atoms with Gasteiger partial charge in [0.05, 0.1) is 25.7 Å². The molecule has 1 aromatic carbocycles. The van der Waals surface area contributed by atoms with Gasteiger partial charge >= 0.3 is 5.97 Å². The number of rotatable bonds is 2. The number of methoxy groups -OCH3 is 2. The van der Waals surface area contributed by atoms with Crippen LogP contribution in [0.25, 0.3) is 0 Å². The second-order valence-corrected chi connectivity index (χ2v) is 4.20. The summed E-state index contributed by atoms with van der Waals surface area (Å²) in [6.45, 7) is 0. The van der Waals surface area contributed by atoms with Gasteiger partial charge in [0.25, 0.3) is 0 Å². The summed E-state index contributed by atoms with van der Waals surface area (Å²) >= 11 is 0. The quantitative estimate of drug-likeness (QED) is 0.801. The van der Waals surface area contributed by atoms with Gasteiger partial charge in [0.2, 0.25) is 0 Å². The molecule has 1 aliphatic carbocycles. The van der Waals surface area contributed by atoms with Crippen molar-refractivity contribution in [1.82, 2.24) is 0 Å². The fraction of sp³-hybridized carbons (Fsp3) is 0.385. The molecule has 2 rings (SSSR count). The monoisotopic (exact) mass is 250 g/mol. The number of phenols is 1. The highest BCUT2D eigenvalue weighted by molar-refractivity contribution is 6.03. The largest absolute Gasteiger partial charge is 0.504 e. The van der Waals surface area contributed by atoms with Crippen molar-refractivity contribution in [3.8, 4) is 11.5 Å². The van der Waals surface area contributed by atoms with Gasteiger partial charge in [0.15, 0.2) is 17.3 Å². The van der Waals surface area contributed by atoms with Gasteiger partial charge in [0, 0.05) is 6.42 Å². The molecule has 0 unspecified atom stereocenters. The van der Waals surface area contributed by atoms with Crippen LogP contribution in [0, 0.1) is 5.92 Å². The van der Waals surface area contributed by atoms with Crippen molar-refractivity contribution >= 4 is 11.8 Å². The van der Waals surface area contributed by atoms with Gasteiger partial charge in [-0.3, -0.25) is 9.59 Å². The number of fused-ring (bicyclic) bond motifs is 1. The van der Waals surface area contributed by atoms with Crippen LogP contribution in [0.15, 0.2) is 12.1 Å². The van der Waals surface area contributed by atoms with Gasteiger partial charge in [0.1, 0.15) is 0 Å². The van der Waals surface area contributed by atoms with E-state index < -0.39 is 11.9 Å². The lowest BCUT2D eigenvalue weighted by atomic mass is 9.82. The van der Waals surface area contributed by atoms with Crippen molar-refractivity contribution in [2.24, 2.45) is 5.92 Å². The summed E-state index contributed by atoms with van der Waals surface area (Å²) in [7, 11) is 2.72. The second kappa shape index (κ2) is 4.68. The van der Waals surface area contributed by atoms with Crippen molar-refractivity contribution in [3.05, 3.63) is 23.3 Å². The standard InChI is InChI=1S/C13H14O5/c1-17-10-4-3-7-5-8(13(16)18-2)6-9(14)11(7)12(10)15/h3-4,8,15H,5-6H2,1-2H3/t8-/m0/s1. The highest BCUT2D eigenvalue weighted by Gasteiger charge is 2.33. The maximum atomic E-state index is 12.0. The molecule has 0 fully saturated rings. The number of benzene rings is 1. The predicted octanol–water partition coefficient (Wildman–Crippen LogP) is 1.32. The molecule has 0 amide bonds. The Kier molecular flexibility index (Phi) is 3.23. The van der Waals surface area contributed by atoms with E-state index in [1.807, 2.05) is 0 Å².